The van der Waals surface area contributed by atoms with Crippen molar-refractivity contribution >= 4 is 11.8 Å². The van der Waals surface area contributed by atoms with Crippen LogP contribution in [0.5, 0.6) is 0 Å². The highest BCUT2D eigenvalue weighted by Crippen LogP contribution is 2.10. The first-order valence-corrected chi connectivity index (χ1v) is 6.33. The lowest BCUT2D eigenvalue weighted by Gasteiger charge is -2.20. The molecule has 0 aromatic carbocycles. The molecule has 1 heterocycles. The molecule has 17 heavy (non-hydrogen) atoms. The number of aromatic amines is 1. The van der Waals surface area contributed by atoms with Crippen LogP contribution in [-0.2, 0) is 7.05 Å². The van der Waals surface area contributed by atoms with Gasteiger partial charge >= 0.3 is 11.1 Å². The minimum Gasteiger partial charge on any atom is -0.311 e. The summed E-state index contributed by atoms with van der Waals surface area (Å²) in [5.41, 5.74) is -1.36. The number of rotatable bonds is 4. The quantitative estimate of drug-likeness (QED) is 0.449. The predicted octanol–water partition coefficient (Wildman–Crippen LogP) is -0.0512. The van der Waals surface area contributed by atoms with Crippen LogP contribution in [0.15, 0.2) is 14.7 Å². The molecular weight excluding hydrogens is 240 g/mol. The van der Waals surface area contributed by atoms with Crippen LogP contribution in [0.3, 0.4) is 0 Å². The molecule has 96 valence electrons. The number of thioether (sulfide) groups is 1. The van der Waals surface area contributed by atoms with Crippen LogP contribution in [-0.4, -0.2) is 32.6 Å². The van der Waals surface area contributed by atoms with Gasteiger partial charge in [0, 0.05) is 24.9 Å². The van der Waals surface area contributed by atoms with E-state index in [2.05, 4.69) is 36.2 Å². The van der Waals surface area contributed by atoms with Gasteiger partial charge < -0.3 is 5.32 Å². The van der Waals surface area contributed by atoms with Crippen molar-refractivity contribution in [1.29, 1.82) is 0 Å². The van der Waals surface area contributed by atoms with Gasteiger partial charge in [0.1, 0.15) is 0 Å². The second-order valence-corrected chi connectivity index (χ2v) is 5.79. The molecule has 1 aromatic rings. The number of nitrogens with zero attached hydrogens (tertiary/aromatic N) is 2. The smallest absolute Gasteiger partial charge is 0.311 e. The van der Waals surface area contributed by atoms with E-state index in [1.165, 1.54) is 16.4 Å². The monoisotopic (exact) mass is 258 g/mol. The molecule has 0 spiro atoms. The molecular formula is C10H18N4O2S. The molecule has 0 aliphatic rings. The van der Waals surface area contributed by atoms with E-state index in [0.29, 0.717) is 5.16 Å². The van der Waals surface area contributed by atoms with Crippen LogP contribution in [0.4, 0.5) is 0 Å². The second-order valence-electron chi connectivity index (χ2n) is 4.72. The average Bonchev–Trinajstić information content (AvgIpc) is 2.18. The topological polar surface area (TPSA) is 79.8 Å². The lowest BCUT2D eigenvalue weighted by Crippen LogP contribution is -2.37. The SMILES string of the molecule is Cn1[nH]c(=O)c(=O)nc1SCCNC(C)(C)C. The summed E-state index contributed by atoms with van der Waals surface area (Å²) in [6.07, 6.45) is 0. The fourth-order valence-electron chi connectivity index (χ4n) is 1.16. The van der Waals surface area contributed by atoms with Gasteiger partial charge in [0.05, 0.1) is 0 Å². The zero-order valence-corrected chi connectivity index (χ0v) is 11.3. The normalized spacial score (nSPS) is 11.8. The Bertz CT molecular complexity index is 486. The van der Waals surface area contributed by atoms with Crippen molar-refractivity contribution in [3.8, 4) is 0 Å². The summed E-state index contributed by atoms with van der Waals surface area (Å²) in [5, 5.41) is 6.26. The van der Waals surface area contributed by atoms with E-state index in [9.17, 15) is 9.59 Å². The van der Waals surface area contributed by atoms with Crippen LogP contribution in [0.2, 0.25) is 0 Å². The third-order valence-corrected chi connectivity index (χ3v) is 2.97. The maximum Gasteiger partial charge on any atom is 0.339 e. The van der Waals surface area contributed by atoms with Gasteiger partial charge in [-0.2, -0.15) is 4.98 Å². The van der Waals surface area contributed by atoms with E-state index in [0.717, 1.165) is 12.3 Å². The number of nitrogens with one attached hydrogen (secondary N) is 2. The minimum absolute atomic E-state index is 0.0743. The van der Waals surface area contributed by atoms with Gasteiger partial charge in [-0.05, 0) is 20.8 Å². The maximum atomic E-state index is 11.1. The Labute approximate surface area is 104 Å². The van der Waals surface area contributed by atoms with Gasteiger partial charge in [0.15, 0.2) is 5.16 Å². The highest BCUT2D eigenvalue weighted by Gasteiger charge is 2.08. The number of H-pyrrole nitrogens is 1. The molecule has 0 saturated heterocycles. The molecule has 2 N–H and O–H groups in total. The van der Waals surface area contributed by atoms with Gasteiger partial charge in [0.25, 0.3) is 0 Å². The van der Waals surface area contributed by atoms with Crippen molar-refractivity contribution < 1.29 is 0 Å². The largest absolute Gasteiger partial charge is 0.339 e. The lowest BCUT2D eigenvalue weighted by atomic mass is 10.1. The van der Waals surface area contributed by atoms with Gasteiger partial charge in [0.2, 0.25) is 0 Å². The van der Waals surface area contributed by atoms with Crippen molar-refractivity contribution in [3.05, 3.63) is 20.7 Å². The Morgan fingerprint density at radius 2 is 2.06 bits per heavy atom. The molecule has 1 rings (SSSR count). The Morgan fingerprint density at radius 1 is 1.41 bits per heavy atom. The van der Waals surface area contributed by atoms with Gasteiger partial charge in [-0.25, -0.2) is 0 Å². The van der Waals surface area contributed by atoms with Gasteiger partial charge in [-0.1, -0.05) is 11.8 Å². The Morgan fingerprint density at radius 3 is 2.65 bits per heavy atom. The van der Waals surface area contributed by atoms with Crippen LogP contribution >= 0.6 is 11.8 Å². The molecule has 0 bridgehead atoms. The molecule has 6 nitrogen and oxygen atoms in total. The Kier molecular flexibility index (Phi) is 4.53. The predicted molar refractivity (Wildman–Crippen MR) is 68.6 cm³/mol. The lowest BCUT2D eigenvalue weighted by molar-refractivity contribution is 0.441. The van der Waals surface area contributed by atoms with Crippen molar-refractivity contribution in [3.63, 3.8) is 0 Å². The first-order chi connectivity index (χ1) is 7.79. The summed E-state index contributed by atoms with van der Waals surface area (Å²) in [6.45, 7) is 7.08. The Hall–Kier alpha value is -1.08. The van der Waals surface area contributed by atoms with Gasteiger partial charge in [-0.15, -0.1) is 0 Å². The molecule has 1 aromatic heterocycles. The van der Waals surface area contributed by atoms with Crippen molar-refractivity contribution in [2.45, 2.75) is 31.5 Å². The summed E-state index contributed by atoms with van der Waals surface area (Å²) >= 11 is 1.43. The van der Waals surface area contributed by atoms with E-state index >= 15 is 0 Å². The fourth-order valence-corrected chi connectivity index (χ4v) is 1.93. The standard InChI is InChI=1S/C10H18N4O2S/c1-10(2,3)11-5-6-17-9-12-7(15)8(16)13-14(9)4/h11H,5-6H2,1-4H3,(H,13,16). The molecule has 7 heteroatoms. The number of hydrogen-bond acceptors (Lipinski definition) is 5. The minimum atomic E-state index is -0.741. The number of aromatic nitrogens is 3. The van der Waals surface area contributed by atoms with Crippen LogP contribution in [0.25, 0.3) is 0 Å². The van der Waals surface area contributed by atoms with Crippen molar-refractivity contribution in [2.75, 3.05) is 12.3 Å². The maximum absolute atomic E-state index is 11.1. The third-order valence-electron chi connectivity index (χ3n) is 1.94. The van der Waals surface area contributed by atoms with E-state index < -0.39 is 11.1 Å². The second kappa shape index (κ2) is 5.50. The zero-order valence-electron chi connectivity index (χ0n) is 10.5. The highest BCUT2D eigenvalue weighted by molar-refractivity contribution is 7.99. The first-order valence-electron chi connectivity index (χ1n) is 5.35. The van der Waals surface area contributed by atoms with E-state index in [4.69, 9.17) is 0 Å². The van der Waals surface area contributed by atoms with Crippen LogP contribution < -0.4 is 16.4 Å². The summed E-state index contributed by atoms with van der Waals surface area (Å²) < 4.78 is 1.46. The van der Waals surface area contributed by atoms with Gasteiger partial charge in [-0.3, -0.25) is 19.4 Å². The van der Waals surface area contributed by atoms with Crippen molar-refractivity contribution in [1.82, 2.24) is 20.1 Å². The molecule has 0 unspecified atom stereocenters. The number of hydrogen-bond donors (Lipinski definition) is 2. The molecule has 0 saturated carbocycles. The molecule has 0 radical (unpaired) electrons. The summed E-state index contributed by atoms with van der Waals surface area (Å²) in [7, 11) is 1.66. The fraction of sp³-hybridized carbons (Fsp3) is 0.700. The van der Waals surface area contributed by atoms with E-state index in [1.54, 1.807) is 7.05 Å². The van der Waals surface area contributed by atoms with E-state index in [-0.39, 0.29) is 5.54 Å². The molecule has 0 fully saturated rings. The zero-order chi connectivity index (χ0) is 13.1. The molecule has 0 aliphatic heterocycles. The summed E-state index contributed by atoms with van der Waals surface area (Å²) in [6, 6.07) is 0. The average molecular weight is 258 g/mol. The highest BCUT2D eigenvalue weighted by atomic mass is 32.2. The summed E-state index contributed by atoms with van der Waals surface area (Å²) in [4.78, 5) is 25.8. The van der Waals surface area contributed by atoms with Crippen LogP contribution in [0, 0.1) is 0 Å². The van der Waals surface area contributed by atoms with E-state index in [1.807, 2.05) is 0 Å². The van der Waals surface area contributed by atoms with Crippen LogP contribution in [0.1, 0.15) is 20.8 Å². The number of aryl methyl sites for hydroxylation is 1. The summed E-state index contributed by atoms with van der Waals surface area (Å²) in [5.74, 6) is 0.781. The molecule has 0 atom stereocenters. The first kappa shape index (κ1) is 14.0. The Balaban J connectivity index is 2.56. The molecule has 0 aliphatic carbocycles. The third kappa shape index (κ3) is 4.74. The van der Waals surface area contributed by atoms with Crippen molar-refractivity contribution in [2.24, 2.45) is 7.05 Å². The molecule has 0 amide bonds.